The number of halogens is 1. The predicted octanol–water partition coefficient (Wildman–Crippen LogP) is 6.01. The molecule has 0 saturated heterocycles. The first-order valence-electron chi connectivity index (χ1n) is 7.99. The highest BCUT2D eigenvalue weighted by molar-refractivity contribution is 9.10. The van der Waals surface area contributed by atoms with Crippen LogP contribution in [-0.4, -0.2) is 4.57 Å². The van der Waals surface area contributed by atoms with Crippen LogP contribution in [0.2, 0.25) is 0 Å². The van der Waals surface area contributed by atoms with E-state index >= 15 is 0 Å². The van der Waals surface area contributed by atoms with Gasteiger partial charge in [-0.15, -0.1) is 11.3 Å². The van der Waals surface area contributed by atoms with Crippen molar-refractivity contribution in [1.82, 2.24) is 4.57 Å². The summed E-state index contributed by atoms with van der Waals surface area (Å²) in [5.74, 6) is 0. The van der Waals surface area contributed by atoms with Crippen LogP contribution in [0.15, 0.2) is 28.7 Å². The van der Waals surface area contributed by atoms with Crippen LogP contribution >= 0.6 is 27.3 Å². The summed E-state index contributed by atoms with van der Waals surface area (Å²) in [5.41, 5.74) is 7.60. The van der Waals surface area contributed by atoms with Crippen molar-refractivity contribution in [2.75, 3.05) is 0 Å². The number of aromatic nitrogens is 1. The van der Waals surface area contributed by atoms with E-state index in [1.807, 2.05) is 11.3 Å². The molecule has 0 fully saturated rings. The van der Waals surface area contributed by atoms with Gasteiger partial charge in [-0.2, -0.15) is 0 Å². The summed E-state index contributed by atoms with van der Waals surface area (Å²) >= 11 is 5.53. The first kappa shape index (κ1) is 14.5. The third-order valence-electron chi connectivity index (χ3n) is 4.92. The average molecular weight is 374 g/mol. The number of nitrogens with zero attached hydrogens (tertiary/aromatic N) is 1. The van der Waals surface area contributed by atoms with Crippen LogP contribution in [0.1, 0.15) is 40.1 Å². The van der Waals surface area contributed by atoms with Crippen LogP contribution in [0.5, 0.6) is 0 Å². The van der Waals surface area contributed by atoms with Gasteiger partial charge < -0.3 is 4.57 Å². The fraction of sp³-hybridized carbons (Fsp3) is 0.368. The van der Waals surface area contributed by atoms with Crippen molar-refractivity contribution in [3.05, 3.63) is 56.0 Å². The second-order valence-electron chi connectivity index (χ2n) is 6.31. The molecule has 1 aliphatic rings. The number of fused-ring (bicyclic) bond motifs is 3. The Bertz CT molecular complexity index is 839. The van der Waals surface area contributed by atoms with Crippen LogP contribution in [0, 0.1) is 13.8 Å². The van der Waals surface area contributed by atoms with Crippen LogP contribution in [-0.2, 0) is 19.4 Å². The van der Waals surface area contributed by atoms with Crippen molar-refractivity contribution in [1.29, 1.82) is 0 Å². The van der Waals surface area contributed by atoms with Gasteiger partial charge in [0.1, 0.15) is 0 Å². The summed E-state index contributed by atoms with van der Waals surface area (Å²) < 4.78 is 5.31. The van der Waals surface area contributed by atoms with Gasteiger partial charge in [-0.05, 0) is 68.4 Å². The molecule has 114 valence electrons. The zero-order valence-electron chi connectivity index (χ0n) is 13.1. The first-order chi connectivity index (χ1) is 10.6. The van der Waals surface area contributed by atoms with Gasteiger partial charge in [0.25, 0.3) is 0 Å². The molecule has 2 aromatic heterocycles. The molecular formula is C19H20BrNS. The fourth-order valence-electron chi connectivity index (χ4n) is 3.66. The molecule has 0 N–H and O–H groups in total. The molecule has 0 unspecified atom stereocenters. The Balaban J connectivity index is 1.89. The van der Waals surface area contributed by atoms with Crippen molar-refractivity contribution in [3.8, 4) is 0 Å². The topological polar surface area (TPSA) is 4.93 Å². The molecule has 4 rings (SSSR count). The van der Waals surface area contributed by atoms with Gasteiger partial charge in [0.15, 0.2) is 0 Å². The van der Waals surface area contributed by atoms with Gasteiger partial charge in [-0.25, -0.2) is 0 Å². The second kappa shape index (κ2) is 5.54. The molecule has 0 radical (unpaired) electrons. The van der Waals surface area contributed by atoms with Crippen LogP contribution in [0.3, 0.4) is 0 Å². The summed E-state index contributed by atoms with van der Waals surface area (Å²) in [6.07, 6.45) is 5.19. The molecule has 1 aromatic carbocycles. The first-order valence-corrected chi connectivity index (χ1v) is 9.60. The maximum Gasteiger partial charge on any atom is 0.0630 e. The number of hydrogen-bond acceptors (Lipinski definition) is 1. The molecule has 22 heavy (non-hydrogen) atoms. The van der Waals surface area contributed by atoms with E-state index in [-0.39, 0.29) is 0 Å². The molecule has 3 aromatic rings. The Morgan fingerprint density at radius 1 is 1.09 bits per heavy atom. The third kappa shape index (κ3) is 2.26. The fourth-order valence-corrected chi connectivity index (χ4v) is 5.18. The van der Waals surface area contributed by atoms with Gasteiger partial charge in [-0.1, -0.05) is 28.1 Å². The normalized spacial score (nSPS) is 14.5. The third-order valence-corrected chi connectivity index (χ3v) is 6.70. The molecule has 1 nitrogen and oxygen atoms in total. The van der Waals surface area contributed by atoms with E-state index in [9.17, 15) is 0 Å². The molecule has 1 aliphatic carbocycles. The molecule has 0 atom stereocenters. The van der Waals surface area contributed by atoms with Gasteiger partial charge in [0.2, 0.25) is 0 Å². The largest absolute Gasteiger partial charge is 0.339 e. The lowest BCUT2D eigenvalue weighted by atomic mass is 9.98. The number of benzene rings is 1. The highest BCUT2D eigenvalue weighted by Gasteiger charge is 2.23. The predicted molar refractivity (Wildman–Crippen MR) is 99.2 cm³/mol. The average Bonchev–Trinajstić information content (AvgIpc) is 2.98. The number of aryl methyl sites for hydroxylation is 3. The smallest absolute Gasteiger partial charge is 0.0630 e. The second-order valence-corrected chi connectivity index (χ2v) is 8.45. The van der Waals surface area contributed by atoms with E-state index in [1.54, 1.807) is 16.0 Å². The molecule has 0 amide bonds. The van der Waals surface area contributed by atoms with E-state index in [0.717, 1.165) is 11.0 Å². The Morgan fingerprint density at radius 2 is 1.82 bits per heavy atom. The van der Waals surface area contributed by atoms with Gasteiger partial charge in [0.05, 0.1) is 10.2 Å². The Hall–Kier alpha value is -1.06. The van der Waals surface area contributed by atoms with Gasteiger partial charge in [-0.3, -0.25) is 0 Å². The number of rotatable bonds is 2. The Kier molecular flexibility index (Phi) is 3.66. The minimum Gasteiger partial charge on any atom is -0.339 e. The number of thiophene rings is 1. The molecular weight excluding hydrogens is 354 g/mol. The van der Waals surface area contributed by atoms with Crippen LogP contribution in [0.4, 0.5) is 0 Å². The SMILES string of the molecule is Cc1sc2c3c(n(Cc4ccc(Br)cc4)c2c1C)CCCC3. The lowest BCUT2D eigenvalue weighted by molar-refractivity contribution is 0.637. The Morgan fingerprint density at radius 3 is 2.59 bits per heavy atom. The van der Waals surface area contributed by atoms with Crippen molar-refractivity contribution in [2.45, 2.75) is 46.1 Å². The molecule has 0 bridgehead atoms. The van der Waals surface area contributed by atoms with Crippen molar-refractivity contribution in [3.63, 3.8) is 0 Å². The quantitative estimate of drug-likeness (QED) is 0.518. The van der Waals surface area contributed by atoms with Crippen molar-refractivity contribution < 1.29 is 0 Å². The minimum atomic E-state index is 0.996. The highest BCUT2D eigenvalue weighted by Crippen LogP contribution is 2.40. The Labute approximate surface area is 144 Å². The van der Waals surface area contributed by atoms with E-state index in [2.05, 4.69) is 58.6 Å². The van der Waals surface area contributed by atoms with Gasteiger partial charge >= 0.3 is 0 Å². The summed E-state index contributed by atoms with van der Waals surface area (Å²) in [7, 11) is 0. The molecule has 0 aliphatic heterocycles. The summed E-state index contributed by atoms with van der Waals surface area (Å²) in [6, 6.07) is 8.77. The molecule has 0 saturated carbocycles. The molecule has 0 spiro atoms. The van der Waals surface area contributed by atoms with Crippen molar-refractivity contribution >= 4 is 37.5 Å². The standard InChI is InChI=1S/C19H20BrNS/c1-12-13(2)22-19-16-5-3-4-6-17(16)21(18(12)19)11-14-7-9-15(20)10-8-14/h7-10H,3-6,11H2,1-2H3. The summed E-state index contributed by atoms with van der Waals surface area (Å²) in [6.45, 7) is 5.55. The molecule has 2 heterocycles. The van der Waals surface area contributed by atoms with E-state index in [1.165, 1.54) is 47.2 Å². The highest BCUT2D eigenvalue weighted by atomic mass is 79.9. The van der Waals surface area contributed by atoms with Crippen LogP contribution in [0.25, 0.3) is 10.2 Å². The summed E-state index contributed by atoms with van der Waals surface area (Å²) in [4.78, 5) is 1.47. The van der Waals surface area contributed by atoms with Crippen LogP contribution < -0.4 is 0 Å². The zero-order valence-corrected chi connectivity index (χ0v) is 15.5. The maximum atomic E-state index is 3.53. The maximum absolute atomic E-state index is 3.53. The van der Waals surface area contributed by atoms with Crippen molar-refractivity contribution in [2.24, 2.45) is 0 Å². The van der Waals surface area contributed by atoms with E-state index < -0.39 is 0 Å². The lowest BCUT2D eigenvalue weighted by Crippen LogP contribution is -2.09. The number of hydrogen-bond donors (Lipinski definition) is 0. The zero-order chi connectivity index (χ0) is 15.3. The van der Waals surface area contributed by atoms with E-state index in [0.29, 0.717) is 0 Å². The minimum absolute atomic E-state index is 0.996. The van der Waals surface area contributed by atoms with Gasteiger partial charge in [0, 0.05) is 21.6 Å². The summed E-state index contributed by atoms with van der Waals surface area (Å²) in [5, 5.41) is 0. The lowest BCUT2D eigenvalue weighted by Gasteiger charge is -2.17. The molecule has 3 heteroatoms. The van der Waals surface area contributed by atoms with E-state index in [4.69, 9.17) is 0 Å². The monoisotopic (exact) mass is 373 g/mol.